The molecule has 0 bridgehead atoms. The van der Waals surface area contributed by atoms with Gasteiger partial charge in [0.15, 0.2) is 0 Å². The van der Waals surface area contributed by atoms with Crippen molar-refractivity contribution in [3.8, 4) is 0 Å². The smallest absolute Gasteiger partial charge is 0.317 e. The van der Waals surface area contributed by atoms with E-state index in [0.29, 0.717) is 21.3 Å². The van der Waals surface area contributed by atoms with Crippen molar-refractivity contribution in [3.63, 3.8) is 0 Å². The minimum atomic E-state index is -0.896. The van der Waals surface area contributed by atoms with Crippen molar-refractivity contribution in [1.29, 1.82) is 0 Å². The van der Waals surface area contributed by atoms with Crippen LogP contribution < -0.4 is 10.7 Å². The third kappa shape index (κ3) is 4.81. The van der Waals surface area contributed by atoms with Gasteiger partial charge in [0.1, 0.15) is 0 Å². The molecule has 2 rings (SSSR count). The van der Waals surface area contributed by atoms with Gasteiger partial charge in [-0.15, -0.1) is 0 Å². The lowest BCUT2D eigenvalue weighted by atomic mass is 10.2. The molecule has 2 N–H and O–H groups in total. The number of amides is 2. The third-order valence-corrected chi connectivity index (χ3v) is 3.51. The first-order chi connectivity index (χ1) is 11.0. The summed E-state index contributed by atoms with van der Waals surface area (Å²) < 4.78 is 0. The molecule has 2 amide bonds. The average Bonchev–Trinajstić information content (AvgIpc) is 2.52. The van der Waals surface area contributed by atoms with Gasteiger partial charge in [-0.3, -0.25) is 9.59 Å². The molecule has 0 spiro atoms. The summed E-state index contributed by atoms with van der Waals surface area (Å²) in [6.45, 7) is 1.79. The van der Waals surface area contributed by atoms with Crippen LogP contribution in [-0.4, -0.2) is 18.0 Å². The first-order valence-corrected chi connectivity index (χ1v) is 7.38. The highest BCUT2D eigenvalue weighted by atomic mass is 35.5. The molecule has 0 saturated carbocycles. The molecule has 7 heteroatoms. The minimum Gasteiger partial charge on any atom is -0.317 e. The van der Waals surface area contributed by atoms with Crippen LogP contribution in [0.5, 0.6) is 0 Å². The van der Waals surface area contributed by atoms with Crippen molar-refractivity contribution in [2.24, 2.45) is 5.10 Å². The van der Waals surface area contributed by atoms with Crippen LogP contribution in [0.4, 0.5) is 5.69 Å². The highest BCUT2D eigenvalue weighted by molar-refractivity contribution is 6.40. The molecule has 0 aliphatic heterocycles. The van der Waals surface area contributed by atoms with E-state index in [9.17, 15) is 9.59 Å². The van der Waals surface area contributed by atoms with Crippen LogP contribution in [-0.2, 0) is 9.59 Å². The number of anilines is 1. The molecule has 2 aromatic rings. The maximum atomic E-state index is 11.8. The predicted molar refractivity (Wildman–Crippen MR) is 92.0 cm³/mol. The number of hydrazone groups is 1. The molecule has 5 nitrogen and oxygen atoms in total. The van der Waals surface area contributed by atoms with Crippen molar-refractivity contribution in [2.75, 3.05) is 5.32 Å². The molecule has 0 radical (unpaired) electrons. The Labute approximate surface area is 143 Å². The summed E-state index contributed by atoms with van der Waals surface area (Å²) in [5.41, 5.74) is 4.02. The van der Waals surface area contributed by atoms with Crippen LogP contribution in [0.2, 0.25) is 10.0 Å². The Morgan fingerprint density at radius 2 is 1.83 bits per heavy atom. The molecule has 0 fully saturated rings. The summed E-state index contributed by atoms with van der Waals surface area (Å²) in [5, 5.41) is 7.14. The van der Waals surface area contributed by atoms with E-state index in [1.165, 1.54) is 6.21 Å². The van der Waals surface area contributed by atoms with Gasteiger partial charge in [-0.2, -0.15) is 5.10 Å². The molecule has 0 saturated heterocycles. The van der Waals surface area contributed by atoms with Crippen LogP contribution in [0.15, 0.2) is 47.6 Å². The van der Waals surface area contributed by atoms with Gasteiger partial charge in [-0.1, -0.05) is 47.5 Å². The second kappa shape index (κ2) is 7.76. The Morgan fingerprint density at radius 1 is 1.09 bits per heavy atom. The number of aryl methyl sites for hydroxylation is 1. The SMILES string of the molecule is Cc1ccc(Cl)cc1NC(=O)C(=O)NN=Cc1ccccc1Cl. The van der Waals surface area contributed by atoms with Gasteiger partial charge >= 0.3 is 11.8 Å². The summed E-state index contributed by atoms with van der Waals surface area (Å²) in [6.07, 6.45) is 1.36. The fourth-order valence-electron chi connectivity index (χ4n) is 1.70. The van der Waals surface area contributed by atoms with Gasteiger partial charge in [-0.25, -0.2) is 5.43 Å². The summed E-state index contributed by atoms with van der Waals surface area (Å²) in [5.74, 6) is -1.74. The number of rotatable bonds is 3. The Kier molecular flexibility index (Phi) is 5.73. The molecule has 2 aromatic carbocycles. The standard InChI is InChI=1S/C16H13Cl2N3O2/c1-10-6-7-12(17)8-14(10)20-15(22)16(23)21-19-9-11-4-2-3-5-13(11)18/h2-9H,1H3,(H,20,22)(H,21,23). The van der Waals surface area contributed by atoms with Gasteiger partial charge in [0, 0.05) is 21.3 Å². The van der Waals surface area contributed by atoms with E-state index >= 15 is 0 Å². The highest BCUT2D eigenvalue weighted by Crippen LogP contribution is 2.20. The van der Waals surface area contributed by atoms with Crippen LogP contribution in [0.25, 0.3) is 0 Å². The minimum absolute atomic E-state index is 0.461. The second-order valence-corrected chi connectivity index (χ2v) is 5.48. The Balaban J connectivity index is 1.97. The summed E-state index contributed by atoms with van der Waals surface area (Å²) in [4.78, 5) is 23.5. The zero-order chi connectivity index (χ0) is 16.8. The molecule has 0 atom stereocenters. The molecule has 0 aromatic heterocycles. The monoisotopic (exact) mass is 349 g/mol. The molecule has 118 valence electrons. The summed E-state index contributed by atoms with van der Waals surface area (Å²) in [6, 6.07) is 12.0. The Hall–Kier alpha value is -2.37. The lowest BCUT2D eigenvalue weighted by Gasteiger charge is -2.07. The van der Waals surface area contributed by atoms with E-state index < -0.39 is 11.8 Å². The number of carbonyl (C=O) groups is 2. The van der Waals surface area contributed by atoms with E-state index in [0.717, 1.165) is 5.56 Å². The first-order valence-electron chi connectivity index (χ1n) is 6.62. The van der Waals surface area contributed by atoms with E-state index in [1.54, 1.807) is 49.4 Å². The largest absolute Gasteiger partial charge is 0.329 e. The van der Waals surface area contributed by atoms with E-state index in [-0.39, 0.29) is 0 Å². The highest BCUT2D eigenvalue weighted by Gasteiger charge is 2.14. The van der Waals surface area contributed by atoms with Crippen LogP contribution in [0, 0.1) is 6.92 Å². The van der Waals surface area contributed by atoms with Gasteiger partial charge in [0.2, 0.25) is 0 Å². The normalized spacial score (nSPS) is 10.6. The van der Waals surface area contributed by atoms with Crippen molar-refractivity contribution in [1.82, 2.24) is 5.43 Å². The lowest BCUT2D eigenvalue weighted by molar-refractivity contribution is -0.136. The summed E-state index contributed by atoms with van der Waals surface area (Å²) >= 11 is 11.8. The Morgan fingerprint density at radius 3 is 2.57 bits per heavy atom. The zero-order valence-electron chi connectivity index (χ0n) is 12.1. The first kappa shape index (κ1) is 17.0. The molecular weight excluding hydrogens is 337 g/mol. The van der Waals surface area contributed by atoms with Crippen molar-refractivity contribution in [2.45, 2.75) is 6.92 Å². The molecular formula is C16H13Cl2N3O2. The maximum Gasteiger partial charge on any atom is 0.329 e. The van der Waals surface area contributed by atoms with Crippen molar-refractivity contribution < 1.29 is 9.59 Å². The van der Waals surface area contributed by atoms with Crippen LogP contribution in [0.3, 0.4) is 0 Å². The molecule has 0 aliphatic rings. The number of halogens is 2. The molecule has 23 heavy (non-hydrogen) atoms. The second-order valence-electron chi connectivity index (χ2n) is 4.63. The van der Waals surface area contributed by atoms with Gasteiger partial charge < -0.3 is 5.32 Å². The van der Waals surface area contributed by atoms with Gasteiger partial charge in [0.05, 0.1) is 6.21 Å². The number of nitrogens with zero attached hydrogens (tertiary/aromatic N) is 1. The number of hydrogen-bond acceptors (Lipinski definition) is 3. The summed E-state index contributed by atoms with van der Waals surface area (Å²) in [7, 11) is 0. The molecule has 0 heterocycles. The van der Waals surface area contributed by atoms with E-state index in [1.807, 2.05) is 0 Å². The third-order valence-electron chi connectivity index (χ3n) is 2.93. The number of carbonyl (C=O) groups excluding carboxylic acids is 2. The van der Waals surface area contributed by atoms with Gasteiger partial charge in [-0.05, 0) is 30.7 Å². The fourth-order valence-corrected chi connectivity index (χ4v) is 2.06. The number of nitrogens with one attached hydrogen (secondary N) is 2. The zero-order valence-corrected chi connectivity index (χ0v) is 13.7. The maximum absolute atomic E-state index is 11.8. The number of benzene rings is 2. The quantitative estimate of drug-likeness (QED) is 0.506. The van der Waals surface area contributed by atoms with Crippen molar-refractivity contribution >= 4 is 46.9 Å². The van der Waals surface area contributed by atoms with Crippen molar-refractivity contribution in [3.05, 3.63) is 63.6 Å². The number of hydrogen-bond donors (Lipinski definition) is 2. The topological polar surface area (TPSA) is 70.6 Å². The van der Waals surface area contributed by atoms with Crippen LogP contribution in [0.1, 0.15) is 11.1 Å². The molecule has 0 unspecified atom stereocenters. The van der Waals surface area contributed by atoms with Gasteiger partial charge in [0.25, 0.3) is 0 Å². The predicted octanol–water partition coefficient (Wildman–Crippen LogP) is 3.39. The Bertz CT molecular complexity index is 776. The lowest BCUT2D eigenvalue weighted by Crippen LogP contribution is -2.32. The van der Waals surface area contributed by atoms with E-state index in [4.69, 9.17) is 23.2 Å². The fraction of sp³-hybridized carbons (Fsp3) is 0.0625. The van der Waals surface area contributed by atoms with Crippen LogP contribution >= 0.6 is 23.2 Å². The average molecular weight is 350 g/mol. The molecule has 0 aliphatic carbocycles. The van der Waals surface area contributed by atoms with E-state index in [2.05, 4.69) is 15.8 Å².